The first kappa shape index (κ1) is 18.8. The lowest BCUT2D eigenvalue weighted by Gasteiger charge is -2.16. The fraction of sp³-hybridized carbons (Fsp3) is 0.667. The number of carbonyl (C=O) groups is 1. The number of pyridine rings is 1. The summed E-state index contributed by atoms with van der Waals surface area (Å²) in [6.45, 7) is 7.60. The molecule has 1 amide bonds. The third-order valence-corrected chi connectivity index (χ3v) is 4.02. The van der Waals surface area contributed by atoms with Crippen LogP contribution in [0.25, 0.3) is 0 Å². The normalized spacial score (nSPS) is 19.5. The molecule has 2 rings (SSSR count). The molecule has 2 atom stereocenters. The summed E-state index contributed by atoms with van der Waals surface area (Å²) in [5.41, 5.74) is 1.07. The van der Waals surface area contributed by atoms with Gasteiger partial charge in [0.2, 0.25) is 5.91 Å². The van der Waals surface area contributed by atoms with Gasteiger partial charge in [-0.15, -0.1) is 0 Å². The van der Waals surface area contributed by atoms with Crippen LogP contribution in [-0.2, 0) is 20.7 Å². The highest BCUT2D eigenvalue weighted by Gasteiger charge is 2.39. The summed E-state index contributed by atoms with van der Waals surface area (Å²) >= 11 is 0. The topological polar surface area (TPSA) is 63.5 Å². The quantitative estimate of drug-likeness (QED) is 0.357. The van der Waals surface area contributed by atoms with Crippen molar-refractivity contribution in [1.29, 1.82) is 0 Å². The Hall–Kier alpha value is -1.50. The number of amides is 1. The summed E-state index contributed by atoms with van der Waals surface area (Å²) in [5.74, 6) is 0.125. The van der Waals surface area contributed by atoms with Gasteiger partial charge >= 0.3 is 0 Å². The van der Waals surface area contributed by atoms with E-state index in [2.05, 4.69) is 15.2 Å². The van der Waals surface area contributed by atoms with Crippen LogP contribution in [0.15, 0.2) is 24.4 Å². The number of carbonyl (C=O) groups excluding carboxylic acids is 1. The fourth-order valence-corrected chi connectivity index (χ4v) is 2.66. The molecule has 1 N–H and O–H groups in total. The number of aromatic nitrogens is 1. The minimum atomic E-state index is -0.160. The van der Waals surface area contributed by atoms with Crippen LogP contribution in [-0.4, -0.2) is 61.0 Å². The molecule has 0 spiro atoms. The van der Waals surface area contributed by atoms with Crippen molar-refractivity contribution in [1.82, 2.24) is 15.2 Å². The first-order valence-electron chi connectivity index (χ1n) is 8.89. The van der Waals surface area contributed by atoms with E-state index in [-0.39, 0.29) is 18.2 Å². The Morgan fingerprint density at radius 1 is 1.38 bits per heavy atom. The van der Waals surface area contributed by atoms with E-state index in [4.69, 9.17) is 9.47 Å². The average molecular weight is 335 g/mol. The maximum atomic E-state index is 12.1. The molecule has 2 unspecified atom stereocenters. The molecule has 2 heterocycles. The molecule has 1 fully saturated rings. The van der Waals surface area contributed by atoms with Crippen molar-refractivity contribution in [3.05, 3.63) is 30.1 Å². The Balaban J connectivity index is 1.55. The van der Waals surface area contributed by atoms with Crippen LogP contribution in [0.1, 0.15) is 32.4 Å². The van der Waals surface area contributed by atoms with Crippen molar-refractivity contribution in [2.24, 2.45) is 0 Å². The maximum Gasteiger partial charge on any atom is 0.238 e. The van der Waals surface area contributed by atoms with Crippen molar-refractivity contribution in [2.75, 3.05) is 32.8 Å². The summed E-state index contributed by atoms with van der Waals surface area (Å²) in [6, 6.07) is 5.96. The van der Waals surface area contributed by atoms with E-state index in [9.17, 15) is 4.79 Å². The van der Waals surface area contributed by atoms with Gasteiger partial charge in [-0.3, -0.25) is 14.7 Å². The van der Waals surface area contributed by atoms with Crippen LogP contribution in [0, 0.1) is 0 Å². The molecule has 0 aliphatic carbocycles. The van der Waals surface area contributed by atoms with Crippen molar-refractivity contribution in [3.8, 4) is 0 Å². The minimum Gasteiger partial charge on any atom is -0.355 e. The summed E-state index contributed by atoms with van der Waals surface area (Å²) in [5, 5.41) is 3.01. The molecule has 1 saturated heterocycles. The molecular weight excluding hydrogens is 306 g/mol. The van der Waals surface area contributed by atoms with Crippen molar-refractivity contribution in [2.45, 2.75) is 45.4 Å². The summed E-state index contributed by atoms with van der Waals surface area (Å²) in [4.78, 5) is 18.6. The largest absolute Gasteiger partial charge is 0.355 e. The Labute approximate surface area is 144 Å². The lowest BCUT2D eigenvalue weighted by Crippen LogP contribution is -2.32. The average Bonchev–Trinajstić information content (AvgIpc) is 3.38. The lowest BCUT2D eigenvalue weighted by molar-refractivity contribution is -0.140. The van der Waals surface area contributed by atoms with E-state index < -0.39 is 0 Å². The zero-order valence-corrected chi connectivity index (χ0v) is 14.7. The second kappa shape index (κ2) is 10.4. The van der Waals surface area contributed by atoms with E-state index in [1.165, 1.54) is 0 Å². The van der Waals surface area contributed by atoms with Gasteiger partial charge < -0.3 is 14.8 Å². The maximum absolute atomic E-state index is 12.1. The molecule has 0 saturated carbocycles. The Morgan fingerprint density at radius 2 is 2.17 bits per heavy atom. The Bertz CT molecular complexity index is 478. The highest BCUT2D eigenvalue weighted by atomic mass is 16.7. The van der Waals surface area contributed by atoms with Gasteiger partial charge in [-0.1, -0.05) is 6.07 Å². The highest BCUT2D eigenvalue weighted by molar-refractivity contribution is 5.84. The predicted octanol–water partition coefficient (Wildman–Crippen LogP) is 1.60. The number of hydrogen-bond donors (Lipinski definition) is 1. The van der Waals surface area contributed by atoms with Crippen LogP contribution in [0.5, 0.6) is 0 Å². The molecule has 6 heteroatoms. The smallest absolute Gasteiger partial charge is 0.238 e. The van der Waals surface area contributed by atoms with Crippen molar-refractivity contribution >= 4 is 5.91 Å². The molecule has 1 aliphatic rings. The molecular formula is C18H29N3O3. The van der Waals surface area contributed by atoms with Crippen LogP contribution in [0.4, 0.5) is 0 Å². The Kier molecular flexibility index (Phi) is 8.15. The van der Waals surface area contributed by atoms with Gasteiger partial charge in [0.25, 0.3) is 0 Å². The van der Waals surface area contributed by atoms with Gasteiger partial charge in [-0.2, -0.15) is 0 Å². The highest BCUT2D eigenvalue weighted by Crippen LogP contribution is 2.17. The van der Waals surface area contributed by atoms with Crippen molar-refractivity contribution < 1.29 is 14.3 Å². The Morgan fingerprint density at radius 3 is 2.83 bits per heavy atom. The first-order valence-corrected chi connectivity index (χ1v) is 8.89. The molecule has 24 heavy (non-hydrogen) atoms. The molecule has 0 bridgehead atoms. The molecule has 1 aromatic heterocycles. The van der Waals surface area contributed by atoms with Gasteiger partial charge in [0.15, 0.2) is 6.29 Å². The van der Waals surface area contributed by atoms with Gasteiger partial charge in [-0.05, 0) is 32.4 Å². The molecule has 134 valence electrons. The first-order chi connectivity index (χ1) is 11.7. The summed E-state index contributed by atoms with van der Waals surface area (Å²) < 4.78 is 11.0. The number of nitrogens with one attached hydrogen (secondary N) is 1. The van der Waals surface area contributed by atoms with Crippen LogP contribution in [0.2, 0.25) is 0 Å². The molecule has 6 nitrogen and oxygen atoms in total. The van der Waals surface area contributed by atoms with E-state index in [1.807, 2.05) is 32.0 Å². The van der Waals surface area contributed by atoms with Gasteiger partial charge in [0.05, 0.1) is 0 Å². The number of ether oxygens (including phenoxy) is 2. The molecule has 1 aromatic rings. The molecule has 0 radical (unpaired) electrons. The second-order valence-corrected chi connectivity index (χ2v) is 5.86. The molecule has 1 aliphatic heterocycles. The van der Waals surface area contributed by atoms with E-state index in [0.29, 0.717) is 19.8 Å². The SMILES string of the molecule is CCOC(CCCNC(=O)C1CN1CCc1ccccn1)OCC. The van der Waals surface area contributed by atoms with E-state index >= 15 is 0 Å². The monoisotopic (exact) mass is 335 g/mol. The number of hydrogen-bond acceptors (Lipinski definition) is 5. The van der Waals surface area contributed by atoms with Crippen LogP contribution in [0.3, 0.4) is 0 Å². The zero-order valence-electron chi connectivity index (χ0n) is 14.7. The third-order valence-electron chi connectivity index (χ3n) is 4.02. The van der Waals surface area contributed by atoms with Gasteiger partial charge in [-0.25, -0.2) is 0 Å². The summed E-state index contributed by atoms with van der Waals surface area (Å²) in [7, 11) is 0. The lowest BCUT2D eigenvalue weighted by atomic mass is 10.2. The van der Waals surface area contributed by atoms with Crippen LogP contribution >= 0.6 is 0 Å². The third kappa shape index (κ3) is 6.55. The van der Waals surface area contributed by atoms with Gasteiger partial charge in [0.1, 0.15) is 6.04 Å². The van der Waals surface area contributed by atoms with E-state index in [1.54, 1.807) is 6.20 Å². The second-order valence-electron chi connectivity index (χ2n) is 5.86. The van der Waals surface area contributed by atoms with Crippen molar-refractivity contribution in [3.63, 3.8) is 0 Å². The number of nitrogens with zero attached hydrogens (tertiary/aromatic N) is 2. The number of rotatable bonds is 12. The fourth-order valence-electron chi connectivity index (χ4n) is 2.66. The zero-order chi connectivity index (χ0) is 17.2. The van der Waals surface area contributed by atoms with E-state index in [0.717, 1.165) is 38.0 Å². The predicted molar refractivity (Wildman–Crippen MR) is 92.6 cm³/mol. The minimum absolute atomic E-state index is 0.0308. The van der Waals surface area contributed by atoms with Gasteiger partial charge in [0, 0.05) is 57.6 Å². The van der Waals surface area contributed by atoms with Crippen LogP contribution < -0.4 is 5.32 Å². The molecule has 0 aromatic carbocycles. The summed E-state index contributed by atoms with van der Waals surface area (Å²) in [6.07, 6.45) is 4.19. The standard InChI is InChI=1S/C18H29N3O3/c1-3-23-17(24-4-2)9-7-12-20-18(22)16-14-21(16)13-10-15-8-5-6-11-19-15/h5-6,8,11,16-17H,3-4,7,9-10,12-14H2,1-2H3,(H,20,22).